The van der Waals surface area contributed by atoms with E-state index in [0.29, 0.717) is 11.1 Å². The van der Waals surface area contributed by atoms with E-state index < -0.39 is 9.84 Å². The second kappa shape index (κ2) is 8.53. The fraction of sp³-hybridized carbons (Fsp3) is 0.0870. The molecule has 0 saturated carbocycles. The quantitative estimate of drug-likeness (QED) is 0.493. The number of aromatic nitrogens is 2. The van der Waals surface area contributed by atoms with E-state index in [-0.39, 0.29) is 22.7 Å². The molecule has 1 amide bonds. The Balaban J connectivity index is 1.42. The molecule has 8 heteroatoms. The molecule has 4 aromatic rings. The molecule has 3 aromatic carbocycles. The van der Waals surface area contributed by atoms with Crippen molar-refractivity contribution in [2.75, 3.05) is 11.6 Å². The van der Waals surface area contributed by atoms with Gasteiger partial charge in [0.25, 0.3) is 5.91 Å². The highest BCUT2D eigenvalue weighted by atomic mass is 32.2. The zero-order valence-corrected chi connectivity index (χ0v) is 17.5. The van der Waals surface area contributed by atoms with Gasteiger partial charge in [-0.3, -0.25) is 10.1 Å². The van der Waals surface area contributed by atoms with Crippen molar-refractivity contribution in [3.8, 4) is 11.5 Å². The van der Waals surface area contributed by atoms with Gasteiger partial charge in [-0.25, -0.2) is 8.42 Å². The summed E-state index contributed by atoms with van der Waals surface area (Å²) in [5.74, 6) is -0.192. The summed E-state index contributed by atoms with van der Waals surface area (Å²) in [6.07, 6.45) is 1.92. The Morgan fingerprint density at radius 3 is 2.16 bits per heavy atom. The number of nitrogens with zero attached hydrogens (tertiary/aromatic N) is 2. The molecule has 1 heterocycles. The Kier molecular flexibility index (Phi) is 5.64. The van der Waals surface area contributed by atoms with Crippen LogP contribution < -0.4 is 5.32 Å². The van der Waals surface area contributed by atoms with E-state index in [0.717, 1.165) is 18.2 Å². The largest absolute Gasteiger partial charge is 0.403 e. The van der Waals surface area contributed by atoms with Crippen LogP contribution in [0.2, 0.25) is 0 Å². The zero-order chi connectivity index (χ0) is 21.8. The first-order valence-corrected chi connectivity index (χ1v) is 11.4. The smallest absolute Gasteiger partial charge is 0.322 e. The average molecular weight is 433 g/mol. The molecule has 1 N–H and O–H groups in total. The van der Waals surface area contributed by atoms with Gasteiger partial charge in [0.05, 0.1) is 4.90 Å². The number of rotatable bonds is 6. The normalized spacial score (nSPS) is 11.3. The van der Waals surface area contributed by atoms with Gasteiger partial charge in [-0.1, -0.05) is 47.6 Å². The van der Waals surface area contributed by atoms with E-state index in [2.05, 4.69) is 27.6 Å². The SMILES string of the molecule is CS(=O)(=O)c1ccc(-c2nnc(NC(=O)c3ccc(Cc4ccccc4)cc3)o2)cc1. The van der Waals surface area contributed by atoms with Crippen molar-refractivity contribution < 1.29 is 17.6 Å². The third-order valence-corrected chi connectivity index (χ3v) is 5.77. The van der Waals surface area contributed by atoms with E-state index in [9.17, 15) is 13.2 Å². The summed E-state index contributed by atoms with van der Waals surface area (Å²) in [7, 11) is -3.29. The lowest BCUT2D eigenvalue weighted by Crippen LogP contribution is -2.12. The standard InChI is InChI=1S/C23H19N3O4S/c1-31(28,29)20-13-11-19(12-14-20)22-25-26-23(30-22)24-21(27)18-9-7-17(8-10-18)15-16-5-3-2-4-6-16/h2-14H,15H2,1H3,(H,24,26,27). The van der Waals surface area contributed by atoms with E-state index in [1.807, 2.05) is 30.3 Å². The van der Waals surface area contributed by atoms with Gasteiger partial charge in [0.2, 0.25) is 5.89 Å². The highest BCUT2D eigenvalue weighted by Gasteiger charge is 2.14. The van der Waals surface area contributed by atoms with Crippen LogP contribution in [0.3, 0.4) is 0 Å². The number of amides is 1. The van der Waals surface area contributed by atoms with Crippen LogP contribution in [0.1, 0.15) is 21.5 Å². The number of carbonyl (C=O) groups is 1. The first kappa shape index (κ1) is 20.5. The van der Waals surface area contributed by atoms with Gasteiger partial charge >= 0.3 is 6.01 Å². The maximum absolute atomic E-state index is 12.5. The van der Waals surface area contributed by atoms with Crippen molar-refractivity contribution >= 4 is 21.8 Å². The molecular formula is C23H19N3O4S. The predicted octanol–water partition coefficient (Wildman–Crippen LogP) is 3.98. The molecule has 156 valence electrons. The van der Waals surface area contributed by atoms with Crippen LogP contribution in [0.25, 0.3) is 11.5 Å². The summed E-state index contributed by atoms with van der Waals surface area (Å²) in [5, 5.41) is 10.3. The number of hydrogen-bond acceptors (Lipinski definition) is 6. The molecule has 0 radical (unpaired) electrons. The Bertz CT molecular complexity index is 1300. The van der Waals surface area contributed by atoms with E-state index >= 15 is 0 Å². The van der Waals surface area contributed by atoms with Gasteiger partial charge in [0.15, 0.2) is 9.84 Å². The first-order chi connectivity index (χ1) is 14.9. The molecule has 31 heavy (non-hydrogen) atoms. The molecule has 0 spiro atoms. The van der Waals surface area contributed by atoms with Crippen molar-refractivity contribution in [1.29, 1.82) is 0 Å². The molecular weight excluding hydrogens is 414 g/mol. The van der Waals surface area contributed by atoms with Gasteiger partial charge in [0, 0.05) is 17.4 Å². The van der Waals surface area contributed by atoms with E-state index in [1.165, 1.54) is 17.7 Å². The zero-order valence-electron chi connectivity index (χ0n) is 16.6. The Morgan fingerprint density at radius 2 is 1.52 bits per heavy atom. The third kappa shape index (κ3) is 5.04. The summed E-state index contributed by atoms with van der Waals surface area (Å²) in [6, 6.07) is 23.4. The van der Waals surface area contributed by atoms with Crippen molar-refractivity contribution in [3.63, 3.8) is 0 Å². The lowest BCUT2D eigenvalue weighted by molar-refractivity contribution is 0.102. The summed E-state index contributed by atoms with van der Waals surface area (Å²) >= 11 is 0. The molecule has 0 aliphatic heterocycles. The molecule has 0 atom stereocenters. The number of hydrogen-bond donors (Lipinski definition) is 1. The van der Waals surface area contributed by atoms with Crippen LogP contribution in [-0.4, -0.2) is 30.8 Å². The molecule has 0 saturated heterocycles. The second-order valence-electron chi connectivity index (χ2n) is 7.02. The van der Waals surface area contributed by atoms with Gasteiger partial charge in [0.1, 0.15) is 0 Å². The van der Waals surface area contributed by atoms with Crippen molar-refractivity contribution in [2.24, 2.45) is 0 Å². The minimum atomic E-state index is -3.29. The average Bonchev–Trinajstić information content (AvgIpc) is 3.23. The number of nitrogens with one attached hydrogen (secondary N) is 1. The van der Waals surface area contributed by atoms with Crippen LogP contribution in [0.5, 0.6) is 0 Å². The Labute approximate surface area is 179 Å². The summed E-state index contributed by atoms with van der Waals surface area (Å²) in [5.41, 5.74) is 3.31. The topological polar surface area (TPSA) is 102 Å². The Hall–Kier alpha value is -3.78. The summed E-state index contributed by atoms with van der Waals surface area (Å²) in [6.45, 7) is 0. The van der Waals surface area contributed by atoms with Crippen LogP contribution in [0.4, 0.5) is 6.01 Å². The lowest BCUT2D eigenvalue weighted by atomic mass is 10.0. The fourth-order valence-corrected chi connectivity index (χ4v) is 3.64. The van der Waals surface area contributed by atoms with Gasteiger partial charge in [-0.2, -0.15) is 0 Å². The number of carbonyl (C=O) groups excluding carboxylic acids is 1. The van der Waals surface area contributed by atoms with Crippen molar-refractivity contribution in [3.05, 3.63) is 95.6 Å². The highest BCUT2D eigenvalue weighted by Crippen LogP contribution is 2.22. The van der Waals surface area contributed by atoms with Crippen molar-refractivity contribution in [1.82, 2.24) is 10.2 Å². The van der Waals surface area contributed by atoms with Gasteiger partial charge < -0.3 is 4.42 Å². The first-order valence-electron chi connectivity index (χ1n) is 9.47. The maximum Gasteiger partial charge on any atom is 0.322 e. The number of sulfone groups is 1. The molecule has 0 fully saturated rings. The molecule has 0 aliphatic rings. The molecule has 0 aliphatic carbocycles. The second-order valence-corrected chi connectivity index (χ2v) is 9.04. The van der Waals surface area contributed by atoms with Crippen LogP contribution in [0.15, 0.2) is 88.2 Å². The van der Waals surface area contributed by atoms with E-state index in [1.54, 1.807) is 24.3 Å². The summed E-state index contributed by atoms with van der Waals surface area (Å²) < 4.78 is 28.6. The lowest BCUT2D eigenvalue weighted by Gasteiger charge is -2.04. The predicted molar refractivity (Wildman–Crippen MR) is 116 cm³/mol. The van der Waals surface area contributed by atoms with Gasteiger partial charge in [-0.05, 0) is 53.9 Å². The number of anilines is 1. The van der Waals surface area contributed by atoms with E-state index in [4.69, 9.17) is 4.42 Å². The molecule has 0 unspecified atom stereocenters. The maximum atomic E-state index is 12.5. The Morgan fingerprint density at radius 1 is 0.871 bits per heavy atom. The van der Waals surface area contributed by atoms with Crippen LogP contribution >= 0.6 is 0 Å². The number of benzene rings is 3. The fourth-order valence-electron chi connectivity index (χ4n) is 3.01. The minimum Gasteiger partial charge on any atom is -0.403 e. The molecule has 4 rings (SSSR count). The monoisotopic (exact) mass is 433 g/mol. The van der Waals surface area contributed by atoms with Crippen molar-refractivity contribution in [2.45, 2.75) is 11.3 Å². The molecule has 1 aromatic heterocycles. The summed E-state index contributed by atoms with van der Waals surface area (Å²) in [4.78, 5) is 12.7. The van der Waals surface area contributed by atoms with Gasteiger partial charge in [-0.15, -0.1) is 5.10 Å². The molecule has 7 nitrogen and oxygen atoms in total. The third-order valence-electron chi connectivity index (χ3n) is 4.64. The van der Waals surface area contributed by atoms with Crippen LogP contribution in [-0.2, 0) is 16.3 Å². The van der Waals surface area contributed by atoms with Crippen LogP contribution in [0, 0.1) is 0 Å². The highest BCUT2D eigenvalue weighted by molar-refractivity contribution is 7.90. The minimum absolute atomic E-state index is 0.0412. The molecule has 0 bridgehead atoms.